The summed E-state index contributed by atoms with van der Waals surface area (Å²) in [7, 11) is 4.72. The summed E-state index contributed by atoms with van der Waals surface area (Å²) in [6.45, 7) is 3.53. The minimum absolute atomic E-state index is 0.0239. The van der Waals surface area contributed by atoms with Crippen LogP contribution in [0.25, 0.3) is 0 Å². The summed E-state index contributed by atoms with van der Waals surface area (Å²) in [5.74, 6) is 0.711. The van der Waals surface area contributed by atoms with Gasteiger partial charge in [-0.3, -0.25) is 9.59 Å². The van der Waals surface area contributed by atoms with E-state index in [1.54, 1.807) is 55.8 Å². The van der Waals surface area contributed by atoms with Crippen molar-refractivity contribution in [2.45, 2.75) is 25.8 Å². The maximum atomic E-state index is 13.9. The molecule has 1 aromatic heterocycles. The van der Waals surface area contributed by atoms with E-state index in [9.17, 15) is 9.59 Å². The molecular formula is C29H34N2O5S. The number of rotatable bonds is 10. The second kappa shape index (κ2) is 12.3. The predicted octanol–water partition coefficient (Wildman–Crippen LogP) is 4.73. The Labute approximate surface area is 222 Å². The molecule has 1 atom stereocenters. The van der Waals surface area contributed by atoms with Crippen molar-refractivity contribution in [3.05, 3.63) is 81.0 Å². The fourth-order valence-electron chi connectivity index (χ4n) is 4.71. The molecule has 37 heavy (non-hydrogen) atoms. The van der Waals surface area contributed by atoms with Crippen molar-refractivity contribution >= 4 is 23.2 Å². The van der Waals surface area contributed by atoms with Crippen LogP contribution in [0.4, 0.5) is 0 Å². The largest absolute Gasteiger partial charge is 0.497 e. The van der Waals surface area contributed by atoms with Crippen molar-refractivity contribution in [3.63, 3.8) is 0 Å². The Morgan fingerprint density at radius 1 is 1.03 bits per heavy atom. The van der Waals surface area contributed by atoms with Crippen molar-refractivity contribution in [1.82, 2.24) is 9.80 Å². The normalized spacial score (nSPS) is 14.7. The third kappa shape index (κ3) is 6.14. The van der Waals surface area contributed by atoms with Gasteiger partial charge in [-0.2, -0.15) is 0 Å². The van der Waals surface area contributed by atoms with Gasteiger partial charge in [0.2, 0.25) is 5.91 Å². The van der Waals surface area contributed by atoms with Gasteiger partial charge in [0.1, 0.15) is 18.0 Å². The maximum Gasteiger partial charge on any atom is 0.254 e. The Hall–Kier alpha value is -3.36. The number of methoxy groups -OCH3 is 3. The summed E-state index contributed by atoms with van der Waals surface area (Å²) >= 11 is 1.74. The summed E-state index contributed by atoms with van der Waals surface area (Å²) in [5, 5.41) is 2.09. The van der Waals surface area contributed by atoms with Gasteiger partial charge in [0.15, 0.2) is 0 Å². The van der Waals surface area contributed by atoms with E-state index in [1.165, 1.54) is 16.0 Å². The zero-order valence-electron chi connectivity index (χ0n) is 21.9. The molecule has 4 rings (SSSR count). The number of carbonyl (C=O) groups excluding carboxylic acids is 2. The van der Waals surface area contributed by atoms with Crippen LogP contribution in [0, 0.1) is 6.92 Å². The van der Waals surface area contributed by atoms with Gasteiger partial charge in [0.25, 0.3) is 5.91 Å². The van der Waals surface area contributed by atoms with E-state index in [4.69, 9.17) is 14.2 Å². The molecule has 0 N–H and O–H groups in total. The third-order valence-electron chi connectivity index (χ3n) is 6.67. The average Bonchev–Trinajstić information content (AvgIpc) is 3.41. The van der Waals surface area contributed by atoms with Crippen molar-refractivity contribution in [2.75, 3.05) is 47.6 Å². The van der Waals surface area contributed by atoms with Crippen LogP contribution in [0.15, 0.2) is 53.9 Å². The molecule has 2 amide bonds. The predicted molar refractivity (Wildman–Crippen MR) is 145 cm³/mol. The van der Waals surface area contributed by atoms with Crippen molar-refractivity contribution in [1.29, 1.82) is 0 Å². The molecule has 2 aromatic carbocycles. The average molecular weight is 523 g/mol. The molecule has 0 bridgehead atoms. The third-order valence-corrected chi connectivity index (χ3v) is 7.66. The number of thiophene rings is 1. The lowest BCUT2D eigenvalue weighted by Crippen LogP contribution is -2.47. The Morgan fingerprint density at radius 2 is 1.73 bits per heavy atom. The van der Waals surface area contributed by atoms with Gasteiger partial charge in [-0.25, -0.2) is 0 Å². The first-order chi connectivity index (χ1) is 17.9. The van der Waals surface area contributed by atoms with E-state index in [0.717, 1.165) is 12.0 Å². The first-order valence-corrected chi connectivity index (χ1v) is 13.3. The first kappa shape index (κ1) is 26.7. The van der Waals surface area contributed by atoms with Crippen LogP contribution in [-0.2, 0) is 16.0 Å². The number of amides is 2. The molecule has 1 unspecified atom stereocenters. The lowest BCUT2D eigenvalue weighted by Gasteiger charge is -2.37. The minimum atomic E-state index is -0.248. The SMILES string of the molecule is COCCCN(CC(=O)N1CCc2sccc2C1c1ccc(C)cc1)C(=O)c1cc(OC)cc(OC)c1. The van der Waals surface area contributed by atoms with Gasteiger partial charge in [0, 0.05) is 43.3 Å². The number of aryl methyl sites for hydroxylation is 1. The van der Waals surface area contributed by atoms with Crippen LogP contribution in [0.1, 0.15) is 44.4 Å². The zero-order chi connectivity index (χ0) is 26.4. The molecule has 2 heterocycles. The summed E-state index contributed by atoms with van der Waals surface area (Å²) < 4.78 is 15.9. The maximum absolute atomic E-state index is 13.9. The summed E-state index contributed by atoms with van der Waals surface area (Å²) in [5.41, 5.74) is 3.83. The summed E-state index contributed by atoms with van der Waals surface area (Å²) in [4.78, 5) is 32.3. The number of nitrogens with zero attached hydrogens (tertiary/aromatic N) is 2. The number of hydrogen-bond donors (Lipinski definition) is 0. The lowest BCUT2D eigenvalue weighted by molar-refractivity contribution is -0.134. The Kier molecular flexibility index (Phi) is 8.84. The van der Waals surface area contributed by atoms with Gasteiger partial charge in [-0.15, -0.1) is 11.3 Å². The molecule has 3 aromatic rings. The molecular weight excluding hydrogens is 488 g/mol. The quantitative estimate of drug-likeness (QED) is 0.360. The van der Waals surface area contributed by atoms with Gasteiger partial charge in [-0.1, -0.05) is 29.8 Å². The van der Waals surface area contributed by atoms with Crippen molar-refractivity contribution < 1.29 is 23.8 Å². The summed E-state index contributed by atoms with van der Waals surface area (Å²) in [6, 6.07) is 15.4. The second-order valence-corrected chi connectivity index (χ2v) is 10.1. The van der Waals surface area contributed by atoms with E-state index in [-0.39, 0.29) is 24.4 Å². The molecule has 8 heteroatoms. The second-order valence-electron chi connectivity index (χ2n) is 9.12. The molecule has 0 aliphatic carbocycles. The fraction of sp³-hybridized carbons (Fsp3) is 0.379. The van der Waals surface area contributed by atoms with E-state index in [1.807, 2.05) is 4.90 Å². The van der Waals surface area contributed by atoms with Crippen molar-refractivity contribution in [2.24, 2.45) is 0 Å². The van der Waals surface area contributed by atoms with Crippen LogP contribution in [0.2, 0.25) is 0 Å². The van der Waals surface area contributed by atoms with Crippen LogP contribution in [-0.4, -0.2) is 69.2 Å². The molecule has 0 spiro atoms. The van der Waals surface area contributed by atoms with E-state index in [0.29, 0.717) is 43.2 Å². The van der Waals surface area contributed by atoms with E-state index < -0.39 is 0 Å². The number of benzene rings is 2. The molecule has 0 saturated carbocycles. The number of hydrogen-bond acceptors (Lipinski definition) is 6. The minimum Gasteiger partial charge on any atom is -0.497 e. The standard InChI is InChI=1S/C29H34N2O5S/c1-20-6-8-21(9-7-20)28-25-11-15-37-26(25)10-13-31(28)27(32)19-30(12-5-14-34-2)29(33)22-16-23(35-3)18-24(17-22)36-4/h6-9,11,15-18,28H,5,10,12-14,19H2,1-4H3. The fourth-order valence-corrected chi connectivity index (χ4v) is 5.62. The van der Waals surface area contributed by atoms with E-state index in [2.05, 4.69) is 42.6 Å². The van der Waals surface area contributed by atoms with Gasteiger partial charge >= 0.3 is 0 Å². The van der Waals surface area contributed by atoms with E-state index >= 15 is 0 Å². The zero-order valence-corrected chi connectivity index (χ0v) is 22.7. The van der Waals surface area contributed by atoms with Gasteiger partial charge in [-0.05, 0) is 54.5 Å². The molecule has 0 saturated heterocycles. The Morgan fingerprint density at radius 3 is 2.38 bits per heavy atom. The first-order valence-electron chi connectivity index (χ1n) is 12.4. The van der Waals surface area contributed by atoms with Gasteiger partial charge in [0.05, 0.1) is 20.3 Å². The highest BCUT2D eigenvalue weighted by atomic mass is 32.1. The van der Waals surface area contributed by atoms with Crippen LogP contribution in [0.3, 0.4) is 0 Å². The number of fused-ring (bicyclic) bond motifs is 1. The smallest absolute Gasteiger partial charge is 0.254 e. The topological polar surface area (TPSA) is 68.3 Å². The molecule has 1 aliphatic rings. The summed E-state index contributed by atoms with van der Waals surface area (Å²) in [6.07, 6.45) is 1.43. The molecule has 0 radical (unpaired) electrons. The Bertz CT molecular complexity index is 1200. The van der Waals surface area contributed by atoms with Crippen LogP contribution < -0.4 is 9.47 Å². The van der Waals surface area contributed by atoms with Crippen molar-refractivity contribution in [3.8, 4) is 11.5 Å². The number of carbonyl (C=O) groups is 2. The molecule has 196 valence electrons. The highest BCUT2D eigenvalue weighted by Crippen LogP contribution is 2.38. The van der Waals surface area contributed by atoms with Crippen LogP contribution in [0.5, 0.6) is 11.5 Å². The number of ether oxygens (including phenoxy) is 3. The lowest BCUT2D eigenvalue weighted by atomic mass is 9.92. The molecule has 1 aliphatic heterocycles. The highest BCUT2D eigenvalue weighted by molar-refractivity contribution is 7.10. The highest BCUT2D eigenvalue weighted by Gasteiger charge is 2.34. The van der Waals surface area contributed by atoms with Crippen LogP contribution >= 0.6 is 11.3 Å². The Balaban J connectivity index is 1.62. The van der Waals surface area contributed by atoms with Gasteiger partial charge < -0.3 is 24.0 Å². The monoisotopic (exact) mass is 522 g/mol. The molecule has 7 nitrogen and oxygen atoms in total. The molecule has 0 fully saturated rings.